The fourth-order valence-electron chi connectivity index (χ4n) is 3.30. The first-order valence-electron chi connectivity index (χ1n) is 8.76. The lowest BCUT2D eigenvalue weighted by Gasteiger charge is -2.31. The van der Waals surface area contributed by atoms with Crippen molar-refractivity contribution in [1.29, 1.82) is 0 Å². The van der Waals surface area contributed by atoms with Crippen molar-refractivity contribution in [3.05, 3.63) is 5.89 Å². The van der Waals surface area contributed by atoms with Crippen LogP contribution in [0.5, 0.6) is 0 Å². The highest BCUT2D eigenvalue weighted by atomic mass is 16.5. The molecule has 0 N–H and O–H groups in total. The maximum absolute atomic E-state index is 6.04. The number of hydrogen-bond acceptors (Lipinski definition) is 6. The van der Waals surface area contributed by atoms with E-state index in [4.69, 9.17) is 9.15 Å². The van der Waals surface area contributed by atoms with E-state index in [1.165, 1.54) is 32.4 Å². The molecule has 2 fully saturated rings. The SMILES string of the molecule is CCCc1nnc(N2CCCOC(CN3CCCCC3)C2)o1. The summed E-state index contributed by atoms with van der Waals surface area (Å²) in [4.78, 5) is 4.74. The smallest absolute Gasteiger partial charge is 0.318 e. The highest BCUT2D eigenvalue weighted by Gasteiger charge is 2.25. The second kappa shape index (κ2) is 7.92. The molecule has 1 unspecified atom stereocenters. The average Bonchev–Trinajstić information content (AvgIpc) is 2.88. The molecule has 1 aromatic rings. The molecule has 0 amide bonds. The van der Waals surface area contributed by atoms with Gasteiger partial charge in [0, 0.05) is 32.7 Å². The van der Waals surface area contributed by atoms with Crippen molar-refractivity contribution in [3.8, 4) is 0 Å². The van der Waals surface area contributed by atoms with Gasteiger partial charge >= 0.3 is 6.01 Å². The van der Waals surface area contributed by atoms with Crippen LogP contribution in [0.4, 0.5) is 6.01 Å². The number of aromatic nitrogens is 2. The van der Waals surface area contributed by atoms with Gasteiger partial charge in [-0.05, 0) is 38.8 Å². The molecule has 1 atom stereocenters. The van der Waals surface area contributed by atoms with Crippen LogP contribution in [0, 0.1) is 0 Å². The Labute approximate surface area is 132 Å². The molecule has 1 aromatic heterocycles. The van der Waals surface area contributed by atoms with Crippen molar-refractivity contribution in [2.45, 2.75) is 51.6 Å². The number of rotatable bonds is 5. The molecular weight excluding hydrogens is 280 g/mol. The Bertz CT molecular complexity index is 445. The van der Waals surface area contributed by atoms with Gasteiger partial charge in [0.1, 0.15) is 0 Å². The molecule has 3 rings (SSSR count). The summed E-state index contributed by atoms with van der Waals surface area (Å²) in [6, 6.07) is 0.664. The predicted molar refractivity (Wildman–Crippen MR) is 85.2 cm³/mol. The van der Waals surface area contributed by atoms with Crippen LogP contribution in [0.2, 0.25) is 0 Å². The van der Waals surface area contributed by atoms with Gasteiger partial charge in [-0.15, -0.1) is 5.10 Å². The molecule has 2 aliphatic rings. The number of anilines is 1. The number of aryl methyl sites for hydroxylation is 1. The highest BCUT2D eigenvalue weighted by molar-refractivity contribution is 5.24. The summed E-state index contributed by atoms with van der Waals surface area (Å²) < 4.78 is 11.8. The van der Waals surface area contributed by atoms with Gasteiger partial charge in [0.25, 0.3) is 0 Å². The lowest BCUT2D eigenvalue weighted by Crippen LogP contribution is -2.42. The largest absolute Gasteiger partial charge is 0.408 e. The van der Waals surface area contributed by atoms with Crippen molar-refractivity contribution in [3.63, 3.8) is 0 Å². The molecule has 3 heterocycles. The summed E-state index contributed by atoms with van der Waals surface area (Å²) in [6.07, 6.45) is 7.15. The molecule has 0 bridgehead atoms. The van der Waals surface area contributed by atoms with Gasteiger partial charge in [-0.1, -0.05) is 18.4 Å². The third-order valence-corrected chi connectivity index (χ3v) is 4.45. The normalized spacial score (nSPS) is 24.4. The summed E-state index contributed by atoms with van der Waals surface area (Å²) >= 11 is 0. The standard InChI is InChI=1S/C16H28N4O2/c1-2-7-15-17-18-16(22-15)20-10-6-11-21-14(13-20)12-19-8-4-3-5-9-19/h14H,2-13H2,1H3. The Kier molecular flexibility index (Phi) is 5.67. The molecule has 2 aliphatic heterocycles. The quantitative estimate of drug-likeness (QED) is 0.830. The monoisotopic (exact) mass is 308 g/mol. The highest BCUT2D eigenvalue weighted by Crippen LogP contribution is 2.18. The molecule has 6 nitrogen and oxygen atoms in total. The first-order valence-corrected chi connectivity index (χ1v) is 8.76. The third-order valence-electron chi connectivity index (χ3n) is 4.45. The number of piperidine rings is 1. The molecule has 22 heavy (non-hydrogen) atoms. The Morgan fingerprint density at radius 3 is 2.77 bits per heavy atom. The van der Waals surface area contributed by atoms with Crippen LogP contribution < -0.4 is 4.90 Å². The van der Waals surface area contributed by atoms with Crippen molar-refractivity contribution >= 4 is 6.01 Å². The second-order valence-corrected chi connectivity index (χ2v) is 6.38. The van der Waals surface area contributed by atoms with Crippen LogP contribution in [-0.4, -0.2) is 60.5 Å². The first-order chi connectivity index (χ1) is 10.8. The Balaban J connectivity index is 1.58. The topological polar surface area (TPSA) is 54.6 Å². The lowest BCUT2D eigenvalue weighted by atomic mass is 10.1. The minimum Gasteiger partial charge on any atom is -0.408 e. The van der Waals surface area contributed by atoms with E-state index in [9.17, 15) is 0 Å². The third kappa shape index (κ3) is 4.20. The number of nitrogens with zero attached hydrogens (tertiary/aromatic N) is 4. The first kappa shape index (κ1) is 15.7. The molecular formula is C16H28N4O2. The molecule has 6 heteroatoms. The summed E-state index contributed by atoms with van der Waals surface area (Å²) in [5.74, 6) is 0.746. The van der Waals surface area contributed by atoms with E-state index in [-0.39, 0.29) is 6.10 Å². The Hall–Kier alpha value is -1.14. The molecule has 0 radical (unpaired) electrons. The second-order valence-electron chi connectivity index (χ2n) is 6.38. The fourth-order valence-corrected chi connectivity index (χ4v) is 3.30. The van der Waals surface area contributed by atoms with Gasteiger partial charge in [-0.2, -0.15) is 0 Å². The summed E-state index contributed by atoms with van der Waals surface area (Å²) in [5, 5.41) is 8.36. The average molecular weight is 308 g/mol. The minimum absolute atomic E-state index is 0.238. The fraction of sp³-hybridized carbons (Fsp3) is 0.875. The Morgan fingerprint density at radius 2 is 1.95 bits per heavy atom. The lowest BCUT2D eigenvalue weighted by molar-refractivity contribution is 0.0348. The van der Waals surface area contributed by atoms with Crippen LogP contribution >= 0.6 is 0 Å². The zero-order valence-electron chi connectivity index (χ0n) is 13.7. The number of hydrogen-bond donors (Lipinski definition) is 0. The van der Waals surface area contributed by atoms with E-state index in [0.29, 0.717) is 6.01 Å². The van der Waals surface area contributed by atoms with Crippen LogP contribution in [0.3, 0.4) is 0 Å². The van der Waals surface area contributed by atoms with Crippen LogP contribution in [0.25, 0.3) is 0 Å². The van der Waals surface area contributed by atoms with E-state index in [0.717, 1.165) is 51.4 Å². The van der Waals surface area contributed by atoms with E-state index in [2.05, 4.69) is 26.9 Å². The molecule has 2 saturated heterocycles. The van der Waals surface area contributed by atoms with Gasteiger partial charge in [0.05, 0.1) is 6.10 Å². The number of likely N-dealkylation sites (tertiary alicyclic amines) is 1. The Morgan fingerprint density at radius 1 is 1.09 bits per heavy atom. The summed E-state index contributed by atoms with van der Waals surface area (Å²) in [7, 11) is 0. The maximum Gasteiger partial charge on any atom is 0.318 e. The molecule has 0 aliphatic carbocycles. The zero-order chi connectivity index (χ0) is 15.2. The van der Waals surface area contributed by atoms with Crippen LogP contribution in [0.15, 0.2) is 4.42 Å². The van der Waals surface area contributed by atoms with E-state index < -0.39 is 0 Å². The van der Waals surface area contributed by atoms with Crippen LogP contribution in [0.1, 0.15) is 44.9 Å². The van der Waals surface area contributed by atoms with Crippen molar-refractivity contribution < 1.29 is 9.15 Å². The molecule has 0 saturated carbocycles. The molecule has 124 valence electrons. The van der Waals surface area contributed by atoms with Crippen LogP contribution in [-0.2, 0) is 11.2 Å². The molecule has 0 aromatic carbocycles. The van der Waals surface area contributed by atoms with Crippen molar-refractivity contribution in [1.82, 2.24) is 15.1 Å². The van der Waals surface area contributed by atoms with Gasteiger partial charge < -0.3 is 19.0 Å². The zero-order valence-corrected chi connectivity index (χ0v) is 13.7. The summed E-state index contributed by atoms with van der Waals surface area (Å²) in [5.41, 5.74) is 0. The number of ether oxygens (including phenoxy) is 1. The van der Waals surface area contributed by atoms with Gasteiger partial charge in [0.15, 0.2) is 0 Å². The van der Waals surface area contributed by atoms with Gasteiger partial charge in [0.2, 0.25) is 5.89 Å². The minimum atomic E-state index is 0.238. The van der Waals surface area contributed by atoms with E-state index in [1.54, 1.807) is 0 Å². The van der Waals surface area contributed by atoms with E-state index >= 15 is 0 Å². The van der Waals surface area contributed by atoms with Gasteiger partial charge in [-0.25, -0.2) is 0 Å². The molecule has 0 spiro atoms. The van der Waals surface area contributed by atoms with Crippen molar-refractivity contribution in [2.75, 3.05) is 44.2 Å². The van der Waals surface area contributed by atoms with E-state index in [1.807, 2.05) is 0 Å². The maximum atomic E-state index is 6.04. The predicted octanol–water partition coefficient (Wildman–Crippen LogP) is 2.10. The van der Waals surface area contributed by atoms with Crippen molar-refractivity contribution in [2.24, 2.45) is 0 Å². The summed E-state index contributed by atoms with van der Waals surface area (Å²) in [6.45, 7) is 8.17. The van der Waals surface area contributed by atoms with Gasteiger partial charge in [-0.3, -0.25) is 0 Å².